The molecule has 0 atom stereocenters. The fraction of sp³-hybridized carbons (Fsp3) is 0.143. The van der Waals surface area contributed by atoms with Crippen LogP contribution in [0.25, 0.3) is 0 Å². The highest BCUT2D eigenvalue weighted by Crippen LogP contribution is 2.00. The van der Waals surface area contributed by atoms with Gasteiger partial charge in [-0.15, -0.1) is 0 Å². The Morgan fingerprint density at radius 2 is 2.11 bits per heavy atom. The summed E-state index contributed by atoms with van der Waals surface area (Å²) in [5.41, 5.74) is 1.68. The quantitative estimate of drug-likeness (QED) is 0.436. The molecule has 0 saturated carbocycles. The highest BCUT2D eigenvalue weighted by molar-refractivity contribution is 6.32. The van der Waals surface area contributed by atoms with Crippen LogP contribution >= 0.6 is 0 Å². The van der Waals surface area contributed by atoms with Crippen LogP contribution in [0.5, 0.6) is 0 Å². The molecule has 0 aliphatic carbocycles. The molecule has 0 N–H and O–H groups in total. The summed E-state index contributed by atoms with van der Waals surface area (Å²) in [6, 6.07) is 5.22. The van der Waals surface area contributed by atoms with Gasteiger partial charge in [0.15, 0.2) is 0 Å². The Morgan fingerprint density at radius 1 is 1.44 bits per heavy atom. The Labute approximate surface area is 55.1 Å². The maximum Gasteiger partial charge on any atom is 0.139 e. The van der Waals surface area contributed by atoms with E-state index in [1.807, 2.05) is 13.9 Å². The van der Waals surface area contributed by atoms with Gasteiger partial charge in [-0.25, -0.2) is 4.39 Å². The van der Waals surface area contributed by atoms with Gasteiger partial charge >= 0.3 is 0 Å². The third-order valence-corrected chi connectivity index (χ3v) is 1.33. The summed E-state index contributed by atoms with van der Waals surface area (Å²) in [6.45, 7) is 1.76. The van der Waals surface area contributed by atoms with E-state index >= 15 is 0 Å². The van der Waals surface area contributed by atoms with Gasteiger partial charge in [0.25, 0.3) is 0 Å². The van der Waals surface area contributed by atoms with Crippen molar-refractivity contribution < 1.29 is 4.39 Å². The minimum atomic E-state index is -0.116. The highest BCUT2D eigenvalue weighted by Gasteiger charge is 1.93. The van der Waals surface area contributed by atoms with Gasteiger partial charge in [-0.3, -0.25) is 0 Å². The van der Waals surface area contributed by atoms with Gasteiger partial charge in [-0.05, 0) is 18.6 Å². The molecule has 0 nitrogen and oxygen atoms in total. The van der Waals surface area contributed by atoms with Crippen LogP contribution < -0.4 is 5.46 Å². The average Bonchev–Trinajstić information content (AvgIpc) is 1.80. The molecule has 46 valence electrons. The Kier molecular flexibility index (Phi) is 1.56. The van der Waals surface area contributed by atoms with Crippen LogP contribution in [-0.4, -0.2) is 7.85 Å². The molecule has 0 heterocycles. The number of halogens is 1. The lowest BCUT2D eigenvalue weighted by Crippen LogP contribution is -2.02. The van der Waals surface area contributed by atoms with Crippen LogP contribution in [0.4, 0.5) is 4.39 Å². The normalized spacial score (nSPS) is 9.56. The van der Waals surface area contributed by atoms with E-state index in [4.69, 9.17) is 0 Å². The third kappa shape index (κ3) is 1.32. The fourth-order valence-corrected chi connectivity index (χ4v) is 0.698. The minimum absolute atomic E-state index is 0.116. The average molecular weight is 122 g/mol. The molecule has 0 aliphatic rings. The molecule has 0 fully saturated rings. The minimum Gasteiger partial charge on any atom is -0.207 e. The van der Waals surface area contributed by atoms with Crippen molar-refractivity contribution in [3.63, 3.8) is 0 Å². The highest BCUT2D eigenvalue weighted by atomic mass is 19.1. The van der Waals surface area contributed by atoms with Crippen LogP contribution in [0, 0.1) is 12.7 Å². The summed E-state index contributed by atoms with van der Waals surface area (Å²) in [4.78, 5) is 0. The second kappa shape index (κ2) is 2.22. The molecule has 1 aromatic rings. The van der Waals surface area contributed by atoms with Crippen molar-refractivity contribution in [2.24, 2.45) is 0 Å². The summed E-state index contributed by atoms with van der Waals surface area (Å²) in [7, 11) is 1.88. The number of rotatable bonds is 0. The number of hydrogen-bond donors (Lipinski definition) is 0. The van der Waals surface area contributed by atoms with Gasteiger partial charge in [-0.1, -0.05) is 17.6 Å². The van der Waals surface area contributed by atoms with Crippen molar-refractivity contribution in [1.29, 1.82) is 0 Å². The first kappa shape index (κ1) is 6.34. The standard InChI is InChI=1S/C7H8BF/c1-5-2-3-6(8)4-7(5)9/h2-4H,8H2,1H3. The van der Waals surface area contributed by atoms with Crippen molar-refractivity contribution in [2.75, 3.05) is 0 Å². The molecule has 1 rings (SSSR count). The van der Waals surface area contributed by atoms with E-state index in [0.29, 0.717) is 5.56 Å². The molecule has 0 radical (unpaired) electrons. The monoisotopic (exact) mass is 122 g/mol. The first-order valence-electron chi connectivity index (χ1n) is 2.93. The molecule has 1 aromatic carbocycles. The molecule has 0 bridgehead atoms. The molecule has 0 unspecified atom stereocenters. The summed E-state index contributed by atoms with van der Waals surface area (Å²) >= 11 is 0. The van der Waals surface area contributed by atoms with Gasteiger partial charge in [-0.2, -0.15) is 0 Å². The molecule has 0 amide bonds. The molecule has 0 spiro atoms. The number of hydrogen-bond acceptors (Lipinski definition) is 0. The summed E-state index contributed by atoms with van der Waals surface area (Å²) in [5, 5.41) is 0. The largest absolute Gasteiger partial charge is 0.207 e. The Hall–Kier alpha value is -0.785. The van der Waals surface area contributed by atoms with Crippen LogP contribution in [0.1, 0.15) is 5.56 Å². The lowest BCUT2D eigenvalue weighted by Gasteiger charge is -1.94. The smallest absolute Gasteiger partial charge is 0.139 e. The van der Waals surface area contributed by atoms with Gasteiger partial charge < -0.3 is 0 Å². The molecular weight excluding hydrogens is 114 g/mol. The second-order valence-electron chi connectivity index (χ2n) is 2.25. The Bertz CT molecular complexity index is 220. The summed E-state index contributed by atoms with van der Waals surface area (Å²) < 4.78 is 12.6. The zero-order chi connectivity index (χ0) is 6.85. The predicted molar refractivity (Wildman–Crippen MR) is 39.3 cm³/mol. The van der Waals surface area contributed by atoms with Gasteiger partial charge in [0, 0.05) is 0 Å². The predicted octanol–water partition coefficient (Wildman–Crippen LogP) is 0.393. The van der Waals surface area contributed by atoms with E-state index in [1.165, 1.54) is 6.07 Å². The molecule has 0 aromatic heterocycles. The lowest BCUT2D eigenvalue weighted by atomic mass is 9.95. The van der Waals surface area contributed by atoms with Crippen molar-refractivity contribution in [3.8, 4) is 0 Å². The summed E-state index contributed by atoms with van der Waals surface area (Å²) in [6.07, 6.45) is 0. The number of benzene rings is 1. The first-order chi connectivity index (χ1) is 4.20. The van der Waals surface area contributed by atoms with E-state index in [-0.39, 0.29) is 5.82 Å². The van der Waals surface area contributed by atoms with E-state index < -0.39 is 0 Å². The first-order valence-corrected chi connectivity index (χ1v) is 2.93. The van der Waals surface area contributed by atoms with E-state index in [0.717, 1.165) is 5.46 Å². The topological polar surface area (TPSA) is 0 Å². The maximum atomic E-state index is 12.6. The summed E-state index contributed by atoms with van der Waals surface area (Å²) in [5.74, 6) is -0.116. The third-order valence-electron chi connectivity index (χ3n) is 1.33. The van der Waals surface area contributed by atoms with Crippen LogP contribution in [-0.2, 0) is 0 Å². The molecule has 0 saturated heterocycles. The fourth-order valence-electron chi connectivity index (χ4n) is 0.698. The van der Waals surface area contributed by atoms with Gasteiger partial charge in [0.05, 0.1) is 0 Å². The number of aryl methyl sites for hydroxylation is 1. The second-order valence-corrected chi connectivity index (χ2v) is 2.25. The van der Waals surface area contributed by atoms with Gasteiger partial charge in [0.2, 0.25) is 0 Å². The van der Waals surface area contributed by atoms with E-state index in [1.54, 1.807) is 13.0 Å². The van der Waals surface area contributed by atoms with Crippen LogP contribution in [0.3, 0.4) is 0 Å². The SMILES string of the molecule is Bc1ccc(C)c(F)c1. The molecule has 0 aliphatic heterocycles. The molecular formula is C7H8BF. The van der Waals surface area contributed by atoms with Crippen molar-refractivity contribution in [2.45, 2.75) is 6.92 Å². The maximum absolute atomic E-state index is 12.6. The zero-order valence-electron chi connectivity index (χ0n) is 5.61. The van der Waals surface area contributed by atoms with Crippen molar-refractivity contribution in [3.05, 3.63) is 29.6 Å². The molecule has 9 heavy (non-hydrogen) atoms. The Balaban J connectivity index is 3.17. The molecule has 2 heteroatoms. The van der Waals surface area contributed by atoms with E-state index in [2.05, 4.69) is 0 Å². The zero-order valence-corrected chi connectivity index (χ0v) is 5.61. The lowest BCUT2D eigenvalue weighted by molar-refractivity contribution is 0.619. The van der Waals surface area contributed by atoms with Crippen molar-refractivity contribution in [1.82, 2.24) is 0 Å². The van der Waals surface area contributed by atoms with Gasteiger partial charge in [0.1, 0.15) is 13.7 Å². The van der Waals surface area contributed by atoms with Crippen molar-refractivity contribution >= 4 is 13.3 Å². The van der Waals surface area contributed by atoms with Crippen LogP contribution in [0.15, 0.2) is 18.2 Å². The van der Waals surface area contributed by atoms with E-state index in [9.17, 15) is 4.39 Å². The Morgan fingerprint density at radius 3 is 2.56 bits per heavy atom. The van der Waals surface area contributed by atoms with Crippen LogP contribution in [0.2, 0.25) is 0 Å².